The van der Waals surface area contributed by atoms with Crippen molar-refractivity contribution in [3.05, 3.63) is 59.5 Å². The highest BCUT2D eigenvalue weighted by Gasteiger charge is 2.17. The van der Waals surface area contributed by atoms with Crippen molar-refractivity contribution in [2.75, 3.05) is 0 Å². The third-order valence-corrected chi connectivity index (χ3v) is 3.15. The fourth-order valence-corrected chi connectivity index (χ4v) is 2.11. The summed E-state index contributed by atoms with van der Waals surface area (Å²) in [4.78, 5) is 13.6. The third kappa shape index (κ3) is 2.56. The Labute approximate surface area is 117 Å². The molecule has 0 aliphatic carbocycles. The summed E-state index contributed by atoms with van der Waals surface area (Å²) in [5, 5.41) is 4.07. The lowest BCUT2D eigenvalue weighted by molar-refractivity contribution is 0.0812. The predicted octanol–water partition coefficient (Wildman–Crippen LogP) is 2.77. The first kappa shape index (κ1) is 12.5. The van der Waals surface area contributed by atoms with Crippen LogP contribution in [-0.2, 0) is 18.0 Å². The molecule has 20 heavy (non-hydrogen) atoms. The molecule has 1 aliphatic heterocycles. The first-order valence-corrected chi connectivity index (χ1v) is 6.41. The summed E-state index contributed by atoms with van der Waals surface area (Å²) in [6, 6.07) is 7.99. The normalized spacial score (nSPS) is 13.2. The fourth-order valence-electron chi connectivity index (χ4n) is 2.11. The Bertz CT molecular complexity index is 661. The molecular formula is C15H15N3O2. The number of aryl methyl sites for hydroxylation is 1. The van der Waals surface area contributed by atoms with Gasteiger partial charge in [0, 0.05) is 12.4 Å². The van der Waals surface area contributed by atoms with Gasteiger partial charge in [0.05, 0.1) is 12.7 Å². The molecule has 0 N–H and O–H groups in total. The van der Waals surface area contributed by atoms with E-state index in [1.54, 1.807) is 22.0 Å². The number of ether oxygens (including phenoxy) is 1. The molecule has 1 aromatic heterocycles. The van der Waals surface area contributed by atoms with Crippen LogP contribution in [0.2, 0.25) is 0 Å². The van der Waals surface area contributed by atoms with Crippen molar-refractivity contribution in [3.63, 3.8) is 0 Å². The predicted molar refractivity (Wildman–Crippen MR) is 74.5 cm³/mol. The molecule has 1 aromatic carbocycles. The minimum absolute atomic E-state index is 0.124. The van der Waals surface area contributed by atoms with Crippen molar-refractivity contribution in [3.8, 4) is 0 Å². The largest absolute Gasteiger partial charge is 0.426 e. The molecule has 5 nitrogen and oxygen atoms in total. The van der Waals surface area contributed by atoms with E-state index in [4.69, 9.17) is 4.74 Å². The van der Waals surface area contributed by atoms with Gasteiger partial charge in [0.2, 0.25) is 0 Å². The lowest BCUT2D eigenvalue weighted by Crippen LogP contribution is -2.28. The summed E-state index contributed by atoms with van der Waals surface area (Å²) in [5.41, 5.74) is 3.29. The van der Waals surface area contributed by atoms with Crippen LogP contribution in [-0.4, -0.2) is 20.8 Å². The molecule has 0 radical (unpaired) electrons. The van der Waals surface area contributed by atoms with E-state index in [1.807, 2.05) is 43.5 Å². The molecule has 1 aliphatic rings. The van der Waals surface area contributed by atoms with Gasteiger partial charge < -0.3 is 4.74 Å². The average molecular weight is 269 g/mol. The quantitative estimate of drug-likeness (QED) is 0.842. The van der Waals surface area contributed by atoms with Crippen molar-refractivity contribution in [1.82, 2.24) is 14.7 Å². The Hall–Kier alpha value is -2.56. The number of fused-ring (bicyclic) bond motifs is 1. The van der Waals surface area contributed by atoms with E-state index in [-0.39, 0.29) is 12.8 Å². The summed E-state index contributed by atoms with van der Waals surface area (Å²) < 4.78 is 6.82. The fraction of sp³-hybridized carbons (Fsp3) is 0.200. The van der Waals surface area contributed by atoms with Crippen LogP contribution in [0.25, 0.3) is 6.08 Å². The number of hydrogen-bond acceptors (Lipinski definition) is 3. The van der Waals surface area contributed by atoms with Gasteiger partial charge in [-0.15, -0.1) is 0 Å². The van der Waals surface area contributed by atoms with E-state index >= 15 is 0 Å². The van der Waals surface area contributed by atoms with Gasteiger partial charge in [-0.1, -0.05) is 24.3 Å². The van der Waals surface area contributed by atoms with E-state index < -0.39 is 0 Å². The third-order valence-electron chi connectivity index (χ3n) is 3.15. The highest BCUT2D eigenvalue weighted by molar-refractivity contribution is 5.72. The number of hydrogen-bond donors (Lipinski definition) is 0. The zero-order valence-electron chi connectivity index (χ0n) is 11.2. The zero-order valence-corrected chi connectivity index (χ0v) is 11.2. The summed E-state index contributed by atoms with van der Waals surface area (Å²) in [6.45, 7) is 2.60. The molecular weight excluding hydrogens is 254 g/mol. The second-order valence-corrected chi connectivity index (χ2v) is 4.74. The Morgan fingerprint density at radius 1 is 1.40 bits per heavy atom. The molecule has 0 atom stereocenters. The van der Waals surface area contributed by atoms with Crippen molar-refractivity contribution in [1.29, 1.82) is 0 Å². The molecule has 0 bridgehead atoms. The molecule has 102 valence electrons. The van der Waals surface area contributed by atoms with Crippen LogP contribution in [0.5, 0.6) is 0 Å². The highest BCUT2D eigenvalue weighted by atomic mass is 16.6. The van der Waals surface area contributed by atoms with Crippen LogP contribution >= 0.6 is 0 Å². The van der Waals surface area contributed by atoms with Crippen LogP contribution in [0, 0.1) is 6.92 Å². The van der Waals surface area contributed by atoms with E-state index in [0.717, 1.165) is 16.7 Å². The van der Waals surface area contributed by atoms with Crippen molar-refractivity contribution < 1.29 is 9.53 Å². The minimum Gasteiger partial charge on any atom is -0.426 e. The van der Waals surface area contributed by atoms with Crippen molar-refractivity contribution in [2.45, 2.75) is 20.2 Å². The van der Waals surface area contributed by atoms with Crippen LogP contribution in [0.15, 0.2) is 42.9 Å². The van der Waals surface area contributed by atoms with Gasteiger partial charge in [-0.05, 0) is 29.7 Å². The molecule has 1 amide bonds. The number of aromatic nitrogens is 2. The molecule has 0 spiro atoms. The van der Waals surface area contributed by atoms with Gasteiger partial charge >= 0.3 is 6.09 Å². The van der Waals surface area contributed by atoms with Crippen LogP contribution < -0.4 is 0 Å². The van der Waals surface area contributed by atoms with Gasteiger partial charge in [-0.3, -0.25) is 4.90 Å². The van der Waals surface area contributed by atoms with Gasteiger partial charge in [-0.25, -0.2) is 9.48 Å². The van der Waals surface area contributed by atoms with Crippen molar-refractivity contribution in [2.24, 2.45) is 0 Å². The summed E-state index contributed by atoms with van der Waals surface area (Å²) in [5.74, 6) is 0. The maximum atomic E-state index is 12.0. The summed E-state index contributed by atoms with van der Waals surface area (Å²) >= 11 is 0. The van der Waals surface area contributed by atoms with Gasteiger partial charge in [0.1, 0.15) is 0 Å². The Morgan fingerprint density at radius 2 is 2.25 bits per heavy atom. The number of carbonyl (C=O) groups is 1. The summed E-state index contributed by atoms with van der Waals surface area (Å²) in [6.07, 6.45) is 6.85. The number of benzene rings is 1. The molecule has 2 aromatic rings. The standard InChI is InChI=1S/C15H15N3O2/c1-12-8-16-18(9-12)11-20-15(19)17-7-6-13-4-2-3-5-14(13)10-17/h2-9H,10-11H2,1H3. The second kappa shape index (κ2) is 5.21. The molecule has 0 saturated heterocycles. The van der Waals surface area contributed by atoms with E-state index in [2.05, 4.69) is 5.10 Å². The number of amides is 1. The smallest absolute Gasteiger partial charge is 0.415 e. The van der Waals surface area contributed by atoms with Crippen molar-refractivity contribution >= 4 is 12.2 Å². The molecule has 3 rings (SSSR count). The molecule has 0 unspecified atom stereocenters. The lowest BCUT2D eigenvalue weighted by Gasteiger charge is -2.22. The topological polar surface area (TPSA) is 47.4 Å². The maximum Gasteiger partial charge on any atom is 0.415 e. The molecule has 5 heteroatoms. The van der Waals surface area contributed by atoms with E-state index in [1.165, 1.54) is 0 Å². The Balaban J connectivity index is 1.62. The molecule has 2 heterocycles. The second-order valence-electron chi connectivity index (χ2n) is 4.74. The lowest BCUT2D eigenvalue weighted by atomic mass is 10.1. The first-order chi connectivity index (χ1) is 9.72. The van der Waals surface area contributed by atoms with Gasteiger partial charge in [-0.2, -0.15) is 5.10 Å². The van der Waals surface area contributed by atoms with E-state index in [9.17, 15) is 4.79 Å². The van der Waals surface area contributed by atoms with Crippen LogP contribution in [0.1, 0.15) is 16.7 Å². The number of nitrogens with zero attached hydrogens (tertiary/aromatic N) is 3. The Kier molecular flexibility index (Phi) is 3.25. The first-order valence-electron chi connectivity index (χ1n) is 6.41. The Morgan fingerprint density at radius 3 is 3.05 bits per heavy atom. The van der Waals surface area contributed by atoms with Crippen LogP contribution in [0.3, 0.4) is 0 Å². The summed E-state index contributed by atoms with van der Waals surface area (Å²) in [7, 11) is 0. The highest BCUT2D eigenvalue weighted by Crippen LogP contribution is 2.19. The number of rotatable bonds is 2. The molecule has 0 saturated carbocycles. The average Bonchev–Trinajstić information content (AvgIpc) is 2.90. The SMILES string of the molecule is Cc1cnn(COC(=O)N2C=Cc3ccccc3C2)c1. The number of carbonyl (C=O) groups excluding carboxylic acids is 1. The molecule has 0 fully saturated rings. The van der Waals surface area contributed by atoms with Crippen LogP contribution in [0.4, 0.5) is 4.79 Å². The van der Waals surface area contributed by atoms with Gasteiger partial charge in [0.25, 0.3) is 0 Å². The minimum atomic E-state index is -0.371. The monoisotopic (exact) mass is 269 g/mol. The van der Waals surface area contributed by atoms with Gasteiger partial charge in [0.15, 0.2) is 6.73 Å². The van der Waals surface area contributed by atoms with E-state index in [0.29, 0.717) is 6.54 Å². The zero-order chi connectivity index (χ0) is 13.9. The maximum absolute atomic E-state index is 12.0.